The van der Waals surface area contributed by atoms with E-state index in [0.29, 0.717) is 0 Å². The first-order valence-corrected chi connectivity index (χ1v) is 6.17. The maximum absolute atomic E-state index is 5.73. The summed E-state index contributed by atoms with van der Waals surface area (Å²) in [5.74, 6) is 0.944. The van der Waals surface area contributed by atoms with Crippen molar-refractivity contribution in [1.82, 2.24) is 4.90 Å². The highest BCUT2D eigenvalue weighted by atomic mass is 16.5. The topological polar surface area (TPSA) is 12.5 Å². The highest BCUT2D eigenvalue weighted by Gasteiger charge is 2.10. The second kappa shape index (κ2) is 8.17. The molecule has 0 N–H and O–H groups in total. The number of ether oxygens (including phenoxy) is 1. The van der Waals surface area contributed by atoms with Gasteiger partial charge in [-0.05, 0) is 51.9 Å². The van der Waals surface area contributed by atoms with Gasteiger partial charge >= 0.3 is 0 Å². The zero-order chi connectivity index (χ0) is 11.6. The molecule has 1 saturated heterocycles. The van der Waals surface area contributed by atoms with Crippen molar-refractivity contribution in [3.63, 3.8) is 0 Å². The van der Waals surface area contributed by atoms with Crippen LogP contribution in [-0.2, 0) is 4.74 Å². The van der Waals surface area contributed by atoms with Crippen LogP contribution < -0.4 is 0 Å². The Labute approximate surface area is 99.3 Å². The normalized spacial score (nSPS) is 19.0. The van der Waals surface area contributed by atoms with Crippen LogP contribution >= 0.6 is 0 Å². The molecule has 16 heavy (non-hydrogen) atoms. The number of hydrogen-bond acceptors (Lipinski definition) is 2. The summed E-state index contributed by atoms with van der Waals surface area (Å²) in [6.45, 7) is 8.32. The van der Waals surface area contributed by atoms with Crippen LogP contribution in [0.15, 0.2) is 36.1 Å². The van der Waals surface area contributed by atoms with Gasteiger partial charge in [-0.15, -0.1) is 0 Å². The second-order valence-electron chi connectivity index (χ2n) is 3.99. The molecule has 0 aliphatic carbocycles. The number of allylic oxidation sites excluding steroid dienone is 5. The molecule has 90 valence electrons. The predicted molar refractivity (Wildman–Crippen MR) is 69.3 cm³/mol. The smallest absolute Gasteiger partial charge is 0.119 e. The fraction of sp³-hybridized carbons (Fsp3) is 0.571. The standard InChI is InChI=1S/C14H23NO/c1-3-5-9-14(8-4-2)16-13-12-15-10-6-7-11-15/h3-5,8-9H,6-7,10-13H2,1-2H3/b5-3+,8-4-,14-9+. The molecule has 0 aromatic carbocycles. The number of likely N-dealkylation sites (tertiary alicyclic amines) is 1. The molecular formula is C14H23NO. The van der Waals surface area contributed by atoms with Crippen LogP contribution in [0.3, 0.4) is 0 Å². The lowest BCUT2D eigenvalue weighted by molar-refractivity contribution is 0.180. The lowest BCUT2D eigenvalue weighted by Gasteiger charge is -2.15. The monoisotopic (exact) mass is 221 g/mol. The first-order valence-electron chi connectivity index (χ1n) is 6.17. The molecule has 1 aliphatic heterocycles. The van der Waals surface area contributed by atoms with E-state index in [1.807, 2.05) is 44.2 Å². The maximum atomic E-state index is 5.73. The molecule has 0 unspecified atom stereocenters. The quantitative estimate of drug-likeness (QED) is 0.504. The van der Waals surface area contributed by atoms with Crippen LogP contribution in [0.2, 0.25) is 0 Å². The van der Waals surface area contributed by atoms with E-state index in [0.717, 1.165) is 18.9 Å². The average molecular weight is 221 g/mol. The summed E-state index contributed by atoms with van der Waals surface area (Å²) >= 11 is 0. The van der Waals surface area contributed by atoms with Gasteiger partial charge in [-0.3, -0.25) is 4.90 Å². The summed E-state index contributed by atoms with van der Waals surface area (Å²) < 4.78 is 5.73. The summed E-state index contributed by atoms with van der Waals surface area (Å²) in [6.07, 6.45) is 12.7. The van der Waals surface area contributed by atoms with Gasteiger partial charge < -0.3 is 4.74 Å². The van der Waals surface area contributed by atoms with E-state index in [-0.39, 0.29) is 0 Å². The van der Waals surface area contributed by atoms with Gasteiger partial charge in [-0.25, -0.2) is 0 Å². The Kier molecular flexibility index (Phi) is 6.66. The van der Waals surface area contributed by atoms with Crippen molar-refractivity contribution in [2.24, 2.45) is 0 Å². The molecule has 0 amide bonds. The number of nitrogens with zero attached hydrogens (tertiary/aromatic N) is 1. The Morgan fingerprint density at radius 3 is 2.56 bits per heavy atom. The van der Waals surface area contributed by atoms with Gasteiger partial charge in [0.25, 0.3) is 0 Å². The van der Waals surface area contributed by atoms with Gasteiger partial charge in [0, 0.05) is 6.54 Å². The molecule has 2 nitrogen and oxygen atoms in total. The third-order valence-corrected chi connectivity index (χ3v) is 2.66. The fourth-order valence-corrected chi connectivity index (χ4v) is 1.81. The SMILES string of the molecule is C\C=C/C(=C\C=C\C)OCCN1CCCC1. The molecule has 0 bridgehead atoms. The van der Waals surface area contributed by atoms with Crippen LogP contribution in [-0.4, -0.2) is 31.1 Å². The third kappa shape index (κ3) is 5.17. The molecule has 1 fully saturated rings. The largest absolute Gasteiger partial charge is 0.492 e. The number of rotatable bonds is 6. The van der Waals surface area contributed by atoms with E-state index < -0.39 is 0 Å². The van der Waals surface area contributed by atoms with Crippen molar-refractivity contribution in [3.05, 3.63) is 36.1 Å². The Balaban J connectivity index is 2.26. The van der Waals surface area contributed by atoms with E-state index >= 15 is 0 Å². The zero-order valence-corrected chi connectivity index (χ0v) is 10.5. The first kappa shape index (κ1) is 13.0. The van der Waals surface area contributed by atoms with Crippen molar-refractivity contribution >= 4 is 0 Å². The molecule has 0 atom stereocenters. The second-order valence-corrected chi connectivity index (χ2v) is 3.99. The summed E-state index contributed by atoms with van der Waals surface area (Å²) in [7, 11) is 0. The lowest BCUT2D eigenvalue weighted by atomic mass is 10.3. The van der Waals surface area contributed by atoms with Crippen LogP contribution in [0.5, 0.6) is 0 Å². The van der Waals surface area contributed by atoms with Crippen LogP contribution in [0.25, 0.3) is 0 Å². The van der Waals surface area contributed by atoms with Gasteiger partial charge in [-0.1, -0.05) is 18.2 Å². The molecular weight excluding hydrogens is 198 g/mol. The van der Waals surface area contributed by atoms with Crippen molar-refractivity contribution in [2.45, 2.75) is 26.7 Å². The van der Waals surface area contributed by atoms with Crippen molar-refractivity contribution < 1.29 is 4.74 Å². The summed E-state index contributed by atoms with van der Waals surface area (Å²) in [5, 5.41) is 0. The van der Waals surface area contributed by atoms with E-state index in [2.05, 4.69) is 4.90 Å². The van der Waals surface area contributed by atoms with Gasteiger partial charge in [-0.2, -0.15) is 0 Å². The molecule has 1 aliphatic rings. The van der Waals surface area contributed by atoms with Gasteiger partial charge in [0.05, 0.1) is 0 Å². The van der Waals surface area contributed by atoms with Crippen LogP contribution in [0, 0.1) is 0 Å². The molecule has 1 rings (SSSR count). The first-order chi connectivity index (χ1) is 7.86. The fourth-order valence-electron chi connectivity index (χ4n) is 1.81. The molecule has 0 aromatic rings. The molecule has 0 saturated carbocycles. The van der Waals surface area contributed by atoms with Crippen molar-refractivity contribution in [3.8, 4) is 0 Å². The van der Waals surface area contributed by atoms with Gasteiger partial charge in [0.2, 0.25) is 0 Å². The number of hydrogen-bond donors (Lipinski definition) is 0. The lowest BCUT2D eigenvalue weighted by Crippen LogP contribution is -2.23. The molecule has 1 heterocycles. The summed E-state index contributed by atoms with van der Waals surface area (Å²) in [4.78, 5) is 2.46. The summed E-state index contributed by atoms with van der Waals surface area (Å²) in [6, 6.07) is 0. The van der Waals surface area contributed by atoms with Gasteiger partial charge in [0.15, 0.2) is 0 Å². The third-order valence-electron chi connectivity index (χ3n) is 2.66. The Hall–Kier alpha value is -1.02. The van der Waals surface area contributed by atoms with E-state index in [4.69, 9.17) is 4.74 Å². The molecule has 0 radical (unpaired) electrons. The van der Waals surface area contributed by atoms with Crippen LogP contribution in [0.4, 0.5) is 0 Å². The predicted octanol–water partition coefficient (Wildman–Crippen LogP) is 3.13. The molecule has 0 aromatic heterocycles. The minimum Gasteiger partial charge on any atom is -0.492 e. The summed E-state index contributed by atoms with van der Waals surface area (Å²) in [5.41, 5.74) is 0. The Morgan fingerprint density at radius 2 is 1.94 bits per heavy atom. The molecule has 2 heteroatoms. The van der Waals surface area contributed by atoms with Crippen LogP contribution in [0.1, 0.15) is 26.7 Å². The van der Waals surface area contributed by atoms with Crippen molar-refractivity contribution in [2.75, 3.05) is 26.2 Å². The minimum absolute atomic E-state index is 0.785. The Bertz CT molecular complexity index is 260. The van der Waals surface area contributed by atoms with E-state index in [1.165, 1.54) is 25.9 Å². The van der Waals surface area contributed by atoms with E-state index in [1.54, 1.807) is 0 Å². The minimum atomic E-state index is 0.785. The highest BCUT2D eigenvalue weighted by Crippen LogP contribution is 2.07. The average Bonchev–Trinajstić information content (AvgIpc) is 2.79. The molecule has 0 spiro atoms. The van der Waals surface area contributed by atoms with Gasteiger partial charge in [0.1, 0.15) is 12.4 Å². The highest BCUT2D eigenvalue weighted by molar-refractivity contribution is 5.17. The Morgan fingerprint density at radius 1 is 1.19 bits per heavy atom. The zero-order valence-electron chi connectivity index (χ0n) is 10.5. The van der Waals surface area contributed by atoms with Crippen molar-refractivity contribution in [1.29, 1.82) is 0 Å². The van der Waals surface area contributed by atoms with E-state index in [9.17, 15) is 0 Å². The maximum Gasteiger partial charge on any atom is 0.119 e.